The van der Waals surface area contributed by atoms with Crippen molar-refractivity contribution in [3.63, 3.8) is 0 Å². The number of ether oxygens (including phenoxy) is 1. The molecular weight excluding hydrogens is 434 g/mol. The van der Waals surface area contributed by atoms with Crippen LogP contribution in [-0.4, -0.2) is 56.6 Å². The molecule has 0 fully saturated rings. The second-order valence-electron chi connectivity index (χ2n) is 7.76. The van der Waals surface area contributed by atoms with E-state index in [9.17, 15) is 9.59 Å². The molecule has 2 amide bonds. The van der Waals surface area contributed by atoms with Crippen molar-refractivity contribution in [3.05, 3.63) is 71.4 Å². The fourth-order valence-electron chi connectivity index (χ4n) is 3.89. The van der Waals surface area contributed by atoms with E-state index >= 15 is 0 Å². The van der Waals surface area contributed by atoms with Crippen molar-refractivity contribution < 1.29 is 14.3 Å². The molecule has 1 aliphatic heterocycles. The van der Waals surface area contributed by atoms with Crippen molar-refractivity contribution in [1.29, 1.82) is 0 Å². The summed E-state index contributed by atoms with van der Waals surface area (Å²) in [4.78, 5) is 27.2. The number of tetrazole rings is 1. The van der Waals surface area contributed by atoms with E-state index in [2.05, 4.69) is 26.2 Å². The van der Waals surface area contributed by atoms with Crippen molar-refractivity contribution in [1.82, 2.24) is 25.1 Å². The van der Waals surface area contributed by atoms with Crippen molar-refractivity contribution in [3.8, 4) is 5.75 Å². The van der Waals surface area contributed by atoms with Crippen LogP contribution in [0.25, 0.3) is 0 Å². The molecule has 10 heteroatoms. The first-order chi connectivity index (χ1) is 16.5. The molecule has 0 bridgehead atoms. The van der Waals surface area contributed by atoms with E-state index in [1.165, 1.54) is 0 Å². The summed E-state index contributed by atoms with van der Waals surface area (Å²) in [7, 11) is 0. The Morgan fingerprint density at radius 3 is 2.47 bits per heavy atom. The van der Waals surface area contributed by atoms with Gasteiger partial charge in [-0.3, -0.25) is 9.59 Å². The number of aromatic nitrogens is 4. The Balaban J connectivity index is 1.58. The van der Waals surface area contributed by atoms with E-state index in [1.54, 1.807) is 21.7 Å². The largest absolute Gasteiger partial charge is 0.484 e. The van der Waals surface area contributed by atoms with Crippen LogP contribution in [0, 0.1) is 0 Å². The zero-order chi connectivity index (χ0) is 24.1. The van der Waals surface area contributed by atoms with Crippen molar-refractivity contribution >= 4 is 23.5 Å². The van der Waals surface area contributed by atoms with Gasteiger partial charge in [-0.25, -0.2) is 0 Å². The lowest BCUT2D eigenvalue weighted by atomic mass is 9.95. The molecule has 1 atom stereocenters. The van der Waals surface area contributed by atoms with Gasteiger partial charge in [0.15, 0.2) is 6.61 Å². The number of para-hydroxylation sites is 1. The van der Waals surface area contributed by atoms with Crippen LogP contribution < -0.4 is 15.4 Å². The Morgan fingerprint density at radius 2 is 1.79 bits per heavy atom. The Kier molecular flexibility index (Phi) is 6.86. The lowest BCUT2D eigenvalue weighted by molar-refractivity contribution is -0.133. The van der Waals surface area contributed by atoms with Crippen LogP contribution in [0.1, 0.15) is 32.4 Å². The second kappa shape index (κ2) is 10.2. The number of carbonyl (C=O) groups excluding carboxylic acids is 2. The average molecular weight is 462 g/mol. The Bertz CT molecular complexity index is 1180. The number of benzene rings is 2. The molecule has 176 valence electrons. The maximum Gasteiger partial charge on any atom is 0.260 e. The molecule has 2 heterocycles. The van der Waals surface area contributed by atoms with Gasteiger partial charge >= 0.3 is 0 Å². The third-order valence-electron chi connectivity index (χ3n) is 5.66. The summed E-state index contributed by atoms with van der Waals surface area (Å²) in [5.74, 6) is 0.687. The number of anilines is 2. The van der Waals surface area contributed by atoms with Gasteiger partial charge in [-0.2, -0.15) is 4.68 Å². The maximum absolute atomic E-state index is 13.3. The molecule has 0 radical (unpaired) electrons. The van der Waals surface area contributed by atoms with Gasteiger partial charge in [0.05, 0.1) is 5.57 Å². The molecule has 0 spiro atoms. The van der Waals surface area contributed by atoms with Crippen LogP contribution in [0.3, 0.4) is 0 Å². The topological polar surface area (TPSA) is 114 Å². The van der Waals surface area contributed by atoms with Crippen molar-refractivity contribution in [2.45, 2.75) is 26.8 Å². The minimum absolute atomic E-state index is 0.0325. The molecule has 0 aliphatic carbocycles. The molecule has 2 aromatic carbocycles. The molecule has 1 aliphatic rings. The molecular formula is C24H27N7O3. The van der Waals surface area contributed by atoms with Gasteiger partial charge in [0.2, 0.25) is 5.95 Å². The highest BCUT2D eigenvalue weighted by Crippen LogP contribution is 2.35. The van der Waals surface area contributed by atoms with Crippen LogP contribution in [0.4, 0.5) is 11.6 Å². The molecule has 1 aromatic heterocycles. The maximum atomic E-state index is 13.3. The summed E-state index contributed by atoms with van der Waals surface area (Å²) in [6.07, 6.45) is 0. The van der Waals surface area contributed by atoms with Gasteiger partial charge in [-0.15, -0.1) is 0 Å². The van der Waals surface area contributed by atoms with E-state index in [1.807, 2.05) is 63.2 Å². The molecule has 0 unspecified atom stereocenters. The number of fused-ring (bicyclic) bond motifs is 1. The van der Waals surface area contributed by atoms with Gasteiger partial charge in [0, 0.05) is 24.5 Å². The van der Waals surface area contributed by atoms with Gasteiger partial charge in [0.1, 0.15) is 11.8 Å². The third-order valence-corrected chi connectivity index (χ3v) is 5.66. The molecule has 0 saturated carbocycles. The average Bonchev–Trinajstić information content (AvgIpc) is 3.31. The zero-order valence-electron chi connectivity index (χ0n) is 19.4. The predicted molar refractivity (Wildman–Crippen MR) is 127 cm³/mol. The number of amides is 2. The number of likely N-dealkylation sites (N-methyl/N-ethyl adjacent to an activating group) is 1. The lowest BCUT2D eigenvalue weighted by Gasteiger charge is -2.28. The Morgan fingerprint density at radius 1 is 1.09 bits per heavy atom. The number of hydrogen-bond donors (Lipinski definition) is 2. The normalized spacial score (nSPS) is 14.7. The fraction of sp³-hybridized carbons (Fsp3) is 0.292. The standard InChI is InChI=1S/C24H27N7O3/c1-4-30(5-2)20(32)15-34-19-13-11-17(12-14-19)22-21(16(3)25-24-27-28-29-31(22)24)23(33)26-18-9-7-6-8-10-18/h6-14,22H,4-5,15H2,1-3H3,(H,26,33)(H,25,27,29)/t22-/m0/s1. The number of nitrogens with one attached hydrogen (secondary N) is 2. The monoisotopic (exact) mass is 461 g/mol. The number of allylic oxidation sites excluding steroid dienone is 1. The van der Waals surface area contributed by atoms with E-state index in [0.717, 1.165) is 5.56 Å². The molecule has 2 N–H and O–H groups in total. The van der Waals surface area contributed by atoms with Gasteiger partial charge in [-0.1, -0.05) is 35.4 Å². The Hall–Kier alpha value is -4.21. The van der Waals surface area contributed by atoms with E-state index in [0.29, 0.717) is 41.7 Å². The molecule has 10 nitrogen and oxygen atoms in total. The SMILES string of the molecule is CCN(CC)C(=O)COc1ccc([C@H]2C(C(=O)Nc3ccccc3)=C(C)Nc3nnnn32)cc1. The first-order valence-electron chi connectivity index (χ1n) is 11.1. The predicted octanol–water partition coefficient (Wildman–Crippen LogP) is 2.85. The minimum atomic E-state index is -0.540. The van der Waals surface area contributed by atoms with Gasteiger partial charge in [-0.05, 0) is 61.0 Å². The first kappa shape index (κ1) is 23.0. The fourth-order valence-corrected chi connectivity index (χ4v) is 3.89. The summed E-state index contributed by atoms with van der Waals surface area (Å²) >= 11 is 0. The zero-order valence-corrected chi connectivity index (χ0v) is 19.4. The smallest absolute Gasteiger partial charge is 0.260 e. The summed E-state index contributed by atoms with van der Waals surface area (Å²) < 4.78 is 7.26. The molecule has 4 rings (SSSR count). The van der Waals surface area contributed by atoms with Crippen LogP contribution in [0.5, 0.6) is 5.75 Å². The van der Waals surface area contributed by atoms with E-state index in [-0.39, 0.29) is 18.4 Å². The van der Waals surface area contributed by atoms with Crippen molar-refractivity contribution in [2.24, 2.45) is 0 Å². The first-order valence-corrected chi connectivity index (χ1v) is 11.1. The van der Waals surface area contributed by atoms with E-state index in [4.69, 9.17) is 4.74 Å². The summed E-state index contributed by atoms with van der Waals surface area (Å²) in [5, 5.41) is 17.9. The van der Waals surface area contributed by atoms with Crippen LogP contribution in [0.2, 0.25) is 0 Å². The van der Waals surface area contributed by atoms with Crippen LogP contribution >= 0.6 is 0 Å². The molecule has 34 heavy (non-hydrogen) atoms. The van der Waals surface area contributed by atoms with Gasteiger partial charge in [0.25, 0.3) is 11.8 Å². The highest BCUT2D eigenvalue weighted by Gasteiger charge is 2.34. The van der Waals surface area contributed by atoms with Gasteiger partial charge < -0.3 is 20.3 Å². The third kappa shape index (κ3) is 4.75. The second-order valence-corrected chi connectivity index (χ2v) is 7.76. The summed E-state index contributed by atoms with van der Waals surface area (Å²) in [5.41, 5.74) is 2.64. The highest BCUT2D eigenvalue weighted by molar-refractivity contribution is 6.06. The lowest BCUT2D eigenvalue weighted by Crippen LogP contribution is -2.34. The Labute approximate surface area is 197 Å². The highest BCUT2D eigenvalue weighted by atomic mass is 16.5. The van der Waals surface area contributed by atoms with E-state index < -0.39 is 6.04 Å². The number of carbonyl (C=O) groups is 2. The number of nitrogens with zero attached hydrogens (tertiary/aromatic N) is 5. The van der Waals surface area contributed by atoms with Crippen LogP contribution in [0.15, 0.2) is 65.9 Å². The summed E-state index contributed by atoms with van der Waals surface area (Å²) in [6, 6.07) is 16.0. The number of hydrogen-bond acceptors (Lipinski definition) is 7. The van der Waals surface area contributed by atoms with Crippen LogP contribution in [-0.2, 0) is 9.59 Å². The molecule has 0 saturated heterocycles. The molecule has 3 aromatic rings. The number of rotatable bonds is 8. The van der Waals surface area contributed by atoms with Crippen molar-refractivity contribution in [2.75, 3.05) is 30.3 Å². The minimum Gasteiger partial charge on any atom is -0.484 e. The quantitative estimate of drug-likeness (QED) is 0.530. The summed E-state index contributed by atoms with van der Waals surface area (Å²) in [6.45, 7) is 6.94.